The molecule has 3 heterocycles. The maximum atomic E-state index is 11.5. The number of H-pyrrole nitrogens is 1. The average molecular weight is 304 g/mol. The van der Waals surface area contributed by atoms with Crippen molar-refractivity contribution >= 4 is 11.6 Å². The van der Waals surface area contributed by atoms with E-state index in [-0.39, 0.29) is 5.69 Å². The lowest BCUT2D eigenvalue weighted by atomic mass is 10.1. The largest absolute Gasteiger partial charge is 0.364 e. The summed E-state index contributed by atoms with van der Waals surface area (Å²) in [7, 11) is 0. The fourth-order valence-electron chi connectivity index (χ4n) is 2.48. The van der Waals surface area contributed by atoms with Crippen molar-refractivity contribution in [1.82, 2.24) is 24.6 Å². The van der Waals surface area contributed by atoms with Gasteiger partial charge in [0.05, 0.1) is 23.9 Å². The van der Waals surface area contributed by atoms with Crippen LogP contribution in [0.3, 0.4) is 0 Å². The maximum absolute atomic E-state index is 11.5. The van der Waals surface area contributed by atoms with Crippen LogP contribution in [0.4, 0.5) is 0 Å². The third-order valence-electron chi connectivity index (χ3n) is 3.56. The van der Waals surface area contributed by atoms with Crippen molar-refractivity contribution in [3.63, 3.8) is 0 Å². The number of amides is 1. The van der Waals surface area contributed by atoms with Crippen molar-refractivity contribution in [3.05, 3.63) is 60.7 Å². The van der Waals surface area contributed by atoms with Crippen molar-refractivity contribution in [2.75, 3.05) is 0 Å². The van der Waals surface area contributed by atoms with Gasteiger partial charge in [-0.3, -0.25) is 4.79 Å². The highest BCUT2D eigenvalue weighted by atomic mass is 16.1. The van der Waals surface area contributed by atoms with Gasteiger partial charge in [0.1, 0.15) is 11.4 Å². The third kappa shape index (κ3) is 2.15. The Balaban J connectivity index is 1.89. The van der Waals surface area contributed by atoms with Crippen LogP contribution in [-0.4, -0.2) is 30.5 Å². The molecule has 0 fully saturated rings. The summed E-state index contributed by atoms with van der Waals surface area (Å²) in [6.07, 6.45) is 3.03. The minimum Gasteiger partial charge on any atom is -0.364 e. The van der Waals surface area contributed by atoms with E-state index in [9.17, 15) is 4.79 Å². The van der Waals surface area contributed by atoms with Crippen LogP contribution < -0.4 is 5.73 Å². The number of carbonyl (C=O) groups is 1. The smallest absolute Gasteiger partial charge is 0.269 e. The van der Waals surface area contributed by atoms with E-state index in [0.717, 1.165) is 17.0 Å². The van der Waals surface area contributed by atoms with E-state index < -0.39 is 5.91 Å². The molecule has 4 aromatic rings. The van der Waals surface area contributed by atoms with Gasteiger partial charge in [0.15, 0.2) is 5.65 Å². The number of carbonyl (C=O) groups excluding carboxylic acids is 1. The Labute approximate surface area is 130 Å². The number of imidazole rings is 2. The van der Waals surface area contributed by atoms with E-state index >= 15 is 0 Å². The Morgan fingerprint density at radius 1 is 1.09 bits per heavy atom. The third-order valence-corrected chi connectivity index (χ3v) is 3.56. The van der Waals surface area contributed by atoms with Crippen molar-refractivity contribution in [2.24, 2.45) is 5.73 Å². The van der Waals surface area contributed by atoms with Gasteiger partial charge in [-0.25, -0.2) is 14.5 Å². The predicted molar refractivity (Wildman–Crippen MR) is 84.5 cm³/mol. The maximum Gasteiger partial charge on any atom is 0.269 e. The molecule has 0 radical (unpaired) electrons. The molecule has 3 N–H and O–H groups in total. The van der Waals surface area contributed by atoms with E-state index in [4.69, 9.17) is 5.73 Å². The first-order valence-corrected chi connectivity index (χ1v) is 6.98. The summed E-state index contributed by atoms with van der Waals surface area (Å²) < 4.78 is 1.44. The molecule has 0 atom stereocenters. The van der Waals surface area contributed by atoms with E-state index in [2.05, 4.69) is 20.1 Å². The zero-order valence-corrected chi connectivity index (χ0v) is 12.0. The molecule has 112 valence electrons. The highest BCUT2D eigenvalue weighted by Gasteiger charge is 2.15. The number of nitrogens with zero attached hydrogens (tertiary/aromatic N) is 4. The summed E-state index contributed by atoms with van der Waals surface area (Å²) in [5.74, 6) is -0.574. The number of rotatable bonds is 3. The van der Waals surface area contributed by atoms with Crippen LogP contribution >= 0.6 is 0 Å². The van der Waals surface area contributed by atoms with Crippen LogP contribution in [0, 0.1) is 0 Å². The Hall–Kier alpha value is -3.48. The normalized spacial score (nSPS) is 11.0. The van der Waals surface area contributed by atoms with Gasteiger partial charge < -0.3 is 10.7 Å². The number of fused-ring (bicyclic) bond motifs is 1. The highest BCUT2D eigenvalue weighted by molar-refractivity contribution is 5.91. The quantitative estimate of drug-likeness (QED) is 0.603. The van der Waals surface area contributed by atoms with Crippen LogP contribution in [0.1, 0.15) is 10.5 Å². The summed E-state index contributed by atoms with van der Waals surface area (Å²) in [5, 5.41) is 4.47. The van der Waals surface area contributed by atoms with Crippen LogP contribution in [0.15, 0.2) is 55.0 Å². The number of hydrogen-bond donors (Lipinski definition) is 2. The first-order valence-electron chi connectivity index (χ1n) is 6.98. The molecular weight excluding hydrogens is 292 g/mol. The Morgan fingerprint density at radius 2 is 1.91 bits per heavy atom. The fraction of sp³-hybridized carbons (Fsp3) is 0. The van der Waals surface area contributed by atoms with Crippen LogP contribution in [0.25, 0.3) is 28.3 Å². The summed E-state index contributed by atoms with van der Waals surface area (Å²) in [4.78, 5) is 23.1. The number of primary amides is 1. The second-order valence-corrected chi connectivity index (χ2v) is 4.99. The number of nitrogens with two attached hydrogens (primary N) is 1. The van der Waals surface area contributed by atoms with Crippen molar-refractivity contribution in [1.29, 1.82) is 0 Å². The second kappa shape index (κ2) is 5.06. The van der Waals surface area contributed by atoms with Gasteiger partial charge >= 0.3 is 0 Å². The second-order valence-electron chi connectivity index (χ2n) is 4.99. The molecule has 4 rings (SSSR count). The zero-order valence-electron chi connectivity index (χ0n) is 12.0. The van der Waals surface area contributed by atoms with Crippen molar-refractivity contribution in [2.45, 2.75) is 0 Å². The lowest BCUT2D eigenvalue weighted by Gasteiger charge is -2.04. The van der Waals surface area contributed by atoms with Gasteiger partial charge in [0.2, 0.25) is 0 Å². The monoisotopic (exact) mass is 304 g/mol. The van der Waals surface area contributed by atoms with Crippen LogP contribution in [0.2, 0.25) is 0 Å². The van der Waals surface area contributed by atoms with Crippen LogP contribution in [0.5, 0.6) is 0 Å². The first kappa shape index (κ1) is 13.2. The molecule has 3 aromatic heterocycles. The van der Waals surface area contributed by atoms with E-state index in [1.807, 2.05) is 36.4 Å². The van der Waals surface area contributed by atoms with Gasteiger partial charge in [-0.15, -0.1) is 0 Å². The summed E-state index contributed by atoms with van der Waals surface area (Å²) >= 11 is 0. The molecule has 7 heteroatoms. The molecule has 0 unspecified atom stereocenters. The molecule has 7 nitrogen and oxygen atoms in total. The van der Waals surface area contributed by atoms with Crippen molar-refractivity contribution < 1.29 is 4.79 Å². The number of aromatic amines is 1. The average Bonchev–Trinajstić information content (AvgIpc) is 3.22. The SMILES string of the molecule is NC(=O)c1cnc2ccc(-c3[nH]cnc3-c3ccccc3)nn12. The lowest BCUT2D eigenvalue weighted by molar-refractivity contribution is 0.0993. The Kier molecular flexibility index (Phi) is 2.90. The van der Waals surface area contributed by atoms with E-state index in [1.165, 1.54) is 10.7 Å². The molecule has 0 saturated heterocycles. The molecule has 1 aromatic carbocycles. The van der Waals surface area contributed by atoms with E-state index in [1.54, 1.807) is 12.4 Å². The highest BCUT2D eigenvalue weighted by Crippen LogP contribution is 2.27. The fourth-order valence-corrected chi connectivity index (χ4v) is 2.48. The topological polar surface area (TPSA) is 102 Å². The molecule has 1 amide bonds. The molecule has 0 spiro atoms. The molecular formula is C16H12N6O. The molecule has 0 saturated carbocycles. The van der Waals surface area contributed by atoms with Gasteiger partial charge in [-0.05, 0) is 12.1 Å². The van der Waals surface area contributed by atoms with Gasteiger partial charge in [0, 0.05) is 5.56 Å². The number of aromatic nitrogens is 5. The number of hydrogen-bond acceptors (Lipinski definition) is 4. The van der Waals surface area contributed by atoms with Crippen LogP contribution in [-0.2, 0) is 0 Å². The number of nitrogens with one attached hydrogen (secondary N) is 1. The summed E-state index contributed by atoms with van der Waals surface area (Å²) in [5.41, 5.74) is 9.33. The molecule has 0 bridgehead atoms. The molecule has 0 aliphatic rings. The first-order chi connectivity index (χ1) is 11.2. The Morgan fingerprint density at radius 3 is 2.70 bits per heavy atom. The standard InChI is InChI=1S/C16H12N6O/c17-16(23)12-8-18-13-7-6-11(21-22(12)13)15-14(19-9-20-15)10-4-2-1-3-5-10/h1-9H,(H2,17,23)(H,19,20). The minimum absolute atomic E-state index is 0.239. The predicted octanol–water partition coefficient (Wildman–Crippen LogP) is 1.89. The van der Waals surface area contributed by atoms with Crippen molar-refractivity contribution in [3.8, 4) is 22.6 Å². The number of benzene rings is 1. The van der Waals surface area contributed by atoms with Gasteiger partial charge in [0.25, 0.3) is 5.91 Å². The van der Waals surface area contributed by atoms with Gasteiger partial charge in [-0.1, -0.05) is 30.3 Å². The summed E-state index contributed by atoms with van der Waals surface area (Å²) in [6.45, 7) is 0. The zero-order chi connectivity index (χ0) is 15.8. The summed E-state index contributed by atoms with van der Waals surface area (Å²) in [6, 6.07) is 13.4. The molecule has 0 aliphatic heterocycles. The van der Waals surface area contributed by atoms with Gasteiger partial charge in [-0.2, -0.15) is 5.10 Å². The molecule has 0 aliphatic carbocycles. The lowest BCUT2D eigenvalue weighted by Crippen LogP contribution is -2.15. The van der Waals surface area contributed by atoms with E-state index in [0.29, 0.717) is 11.3 Å². The minimum atomic E-state index is -0.574. The Bertz CT molecular complexity index is 1000. The molecule has 23 heavy (non-hydrogen) atoms.